The Kier molecular flexibility index (Phi) is 5.06. The van der Waals surface area contributed by atoms with Crippen LogP contribution in [0.5, 0.6) is 0 Å². The highest BCUT2D eigenvalue weighted by Crippen LogP contribution is 2.62. The molecule has 4 heterocycles. The second-order valence-corrected chi connectivity index (χ2v) is 18.5. The topological polar surface area (TPSA) is 37.0 Å². The Morgan fingerprint density at radius 2 is 0.812 bits per heavy atom. The average molecular weight is 809 g/mol. The van der Waals surface area contributed by atoms with E-state index in [4.69, 9.17) is 6.57 Å². The average Bonchev–Trinajstić information content (AvgIpc) is 4.11. The standard InChI is InChI=1S/C60H30N4/c1-62-44-27-48-55(58-53-36-18-8-4-14-32(36)51(56(44)58)33-15-5-9-19-37(33)53)41-23-11-21-39-43-25-45-42(26-46(43)64(48)60(39)41)38-20-10-22-40-54-47(63(45)59(38)40)24-29(28-61)49-50-30-12-2-6-16-34(30)52(57(49)54)35-17-7-3-13-31(35)50/h2-27,50-53H/i25D,26D. The summed E-state index contributed by atoms with van der Waals surface area (Å²) < 4.78 is 25.3. The van der Waals surface area contributed by atoms with Crippen LogP contribution in [0.3, 0.4) is 0 Å². The third-order valence-corrected chi connectivity index (χ3v) is 16.1. The van der Waals surface area contributed by atoms with E-state index in [2.05, 4.69) is 165 Å². The smallest absolute Gasteiger partial charge is 0.193 e. The Hall–Kier alpha value is -8.44. The van der Waals surface area contributed by atoms with Gasteiger partial charge in [0.1, 0.15) is 0 Å². The molecule has 13 aromatic rings. The first-order valence-electron chi connectivity index (χ1n) is 23.2. The summed E-state index contributed by atoms with van der Waals surface area (Å²) in [7, 11) is 0. The number of hydrogen-bond donors (Lipinski definition) is 0. The first kappa shape index (κ1) is 30.6. The van der Waals surface area contributed by atoms with E-state index in [0.29, 0.717) is 34.4 Å². The summed E-state index contributed by atoms with van der Waals surface area (Å²) in [6.45, 7) is 8.70. The van der Waals surface area contributed by atoms with Gasteiger partial charge in [-0.05, 0) is 91.0 Å². The van der Waals surface area contributed by atoms with E-state index in [0.717, 1.165) is 76.3 Å². The summed E-state index contributed by atoms with van der Waals surface area (Å²) in [5, 5.41) is 18.9. The van der Waals surface area contributed by atoms with Crippen LogP contribution in [0.15, 0.2) is 158 Å². The zero-order valence-corrected chi connectivity index (χ0v) is 34.0. The molecule has 0 N–H and O–H groups in total. The molecule has 0 fully saturated rings. The van der Waals surface area contributed by atoms with Crippen molar-refractivity contribution in [1.82, 2.24) is 8.80 Å². The highest BCUT2D eigenvalue weighted by Gasteiger charge is 2.46. The van der Waals surface area contributed by atoms with Crippen LogP contribution >= 0.6 is 0 Å². The molecule has 0 aliphatic heterocycles. The third kappa shape index (κ3) is 3.31. The molecule has 0 spiro atoms. The number of benzene rings is 9. The fraction of sp³-hybridized carbons (Fsp3) is 0.0667. The van der Waals surface area contributed by atoms with Crippen LogP contribution in [0.2, 0.25) is 0 Å². The van der Waals surface area contributed by atoms with Crippen LogP contribution in [0.25, 0.3) is 81.0 Å². The van der Waals surface area contributed by atoms with Crippen molar-refractivity contribution >= 4 is 81.9 Å². The number of hydrogen-bond acceptors (Lipinski definition) is 1. The largest absolute Gasteiger partial charge is 0.309 e. The Morgan fingerprint density at radius 3 is 1.23 bits per heavy atom. The quantitative estimate of drug-likeness (QED) is 0.141. The van der Waals surface area contributed by atoms with Gasteiger partial charge >= 0.3 is 0 Å². The number of nitriles is 1. The molecule has 9 aromatic carbocycles. The summed E-state index contributed by atoms with van der Waals surface area (Å²) in [6.07, 6.45) is 0. The van der Waals surface area contributed by atoms with Gasteiger partial charge in [0.05, 0.1) is 48.5 Å². The lowest BCUT2D eigenvalue weighted by molar-refractivity contribution is 0.759. The van der Waals surface area contributed by atoms with Crippen LogP contribution in [0.1, 0.15) is 98.7 Å². The molecular weight excluding hydrogens is 777 g/mol. The molecule has 4 bridgehead atoms. The predicted molar refractivity (Wildman–Crippen MR) is 256 cm³/mol. The predicted octanol–water partition coefficient (Wildman–Crippen LogP) is 14.4. The number of para-hydroxylation sites is 2. The maximum absolute atomic E-state index is 11.1. The molecule has 4 nitrogen and oxygen atoms in total. The molecule has 0 unspecified atom stereocenters. The lowest BCUT2D eigenvalue weighted by Crippen LogP contribution is -2.28. The lowest BCUT2D eigenvalue weighted by atomic mass is 9.59. The van der Waals surface area contributed by atoms with E-state index >= 15 is 0 Å². The van der Waals surface area contributed by atoms with Crippen molar-refractivity contribution in [2.75, 3.05) is 0 Å². The fourth-order valence-corrected chi connectivity index (χ4v) is 14.1. The molecule has 0 saturated heterocycles. The van der Waals surface area contributed by atoms with Crippen molar-refractivity contribution in [1.29, 1.82) is 5.26 Å². The molecule has 4 aromatic heterocycles. The Bertz CT molecular complexity index is 4220. The number of fused-ring (bicyclic) bond motifs is 12. The van der Waals surface area contributed by atoms with Crippen LogP contribution in [0.4, 0.5) is 5.69 Å². The van der Waals surface area contributed by atoms with Crippen LogP contribution < -0.4 is 0 Å². The maximum Gasteiger partial charge on any atom is 0.193 e. The highest BCUT2D eigenvalue weighted by molar-refractivity contribution is 6.30. The fourth-order valence-electron chi connectivity index (χ4n) is 14.1. The van der Waals surface area contributed by atoms with Gasteiger partial charge in [0.2, 0.25) is 0 Å². The molecule has 19 rings (SSSR count). The molecule has 6 aliphatic rings. The van der Waals surface area contributed by atoms with Crippen molar-refractivity contribution in [2.45, 2.75) is 23.7 Å². The summed E-state index contributed by atoms with van der Waals surface area (Å²) >= 11 is 0. The van der Waals surface area contributed by atoms with Gasteiger partial charge < -0.3 is 8.80 Å². The van der Waals surface area contributed by atoms with Crippen molar-refractivity contribution in [3.05, 3.63) is 241 Å². The lowest BCUT2D eigenvalue weighted by Gasteiger charge is -2.43. The monoisotopic (exact) mass is 808 g/mol. The van der Waals surface area contributed by atoms with Gasteiger partial charge in [-0.3, -0.25) is 0 Å². The van der Waals surface area contributed by atoms with E-state index in [9.17, 15) is 8.00 Å². The van der Waals surface area contributed by atoms with E-state index in [-0.39, 0.29) is 23.7 Å². The summed E-state index contributed by atoms with van der Waals surface area (Å²) in [6, 6.07) is 55.5. The Labute approximate surface area is 368 Å². The van der Waals surface area contributed by atoms with E-state index in [1.165, 1.54) is 55.6 Å². The minimum Gasteiger partial charge on any atom is -0.309 e. The van der Waals surface area contributed by atoms with Crippen LogP contribution in [-0.4, -0.2) is 8.80 Å². The van der Waals surface area contributed by atoms with Gasteiger partial charge in [0.25, 0.3) is 0 Å². The highest BCUT2D eigenvalue weighted by atomic mass is 14.9. The van der Waals surface area contributed by atoms with Crippen LogP contribution in [-0.2, 0) is 0 Å². The zero-order valence-electron chi connectivity index (χ0n) is 36.0. The SMILES string of the molecule is [2H]c1c2c3cccc4c5c6c(c(C#N)cc5n(c2c([2H])c2c5cccc7c8c9c(c([N+]#[C-])cc8n(c12)c75)C1c2ccccc2C9c2ccccc21)c43)C1c2ccccc2C6c2ccccc21. The molecule has 0 radical (unpaired) electrons. The third-order valence-electron chi connectivity index (χ3n) is 16.1. The van der Waals surface area contributed by atoms with Gasteiger partial charge in [-0.2, -0.15) is 5.26 Å². The first-order valence-corrected chi connectivity index (χ1v) is 22.2. The van der Waals surface area contributed by atoms with E-state index < -0.39 is 0 Å². The molecule has 0 atom stereocenters. The second kappa shape index (κ2) is 10.6. The second-order valence-electron chi connectivity index (χ2n) is 18.5. The number of nitrogens with zero attached hydrogens (tertiary/aromatic N) is 4. The molecule has 0 amide bonds. The number of aromatic nitrogens is 2. The van der Waals surface area contributed by atoms with E-state index in [1.807, 2.05) is 0 Å². The normalized spacial score (nSPS) is 19.0. The summed E-state index contributed by atoms with van der Waals surface area (Å²) in [5.41, 5.74) is 21.4. The van der Waals surface area contributed by atoms with Crippen LogP contribution in [0, 0.1) is 17.9 Å². The zero-order chi connectivity index (χ0) is 43.2. The first-order chi connectivity index (χ1) is 32.6. The van der Waals surface area contributed by atoms with Gasteiger partial charge in [-0.15, -0.1) is 0 Å². The molecule has 6 aliphatic carbocycles. The van der Waals surface area contributed by atoms with Gasteiger partial charge in [0.15, 0.2) is 5.69 Å². The van der Waals surface area contributed by atoms with Gasteiger partial charge in [-0.1, -0.05) is 133 Å². The minimum absolute atomic E-state index is 0.0385. The molecule has 64 heavy (non-hydrogen) atoms. The molecular formula is C60H30N4. The maximum atomic E-state index is 11.1. The molecule has 0 saturated carbocycles. The Balaban J connectivity index is 1.03. The van der Waals surface area contributed by atoms with Gasteiger partial charge in [-0.25, -0.2) is 4.85 Å². The molecule has 4 heteroatoms. The van der Waals surface area contributed by atoms with Crippen molar-refractivity contribution in [3.63, 3.8) is 0 Å². The summed E-state index contributed by atoms with van der Waals surface area (Å²) in [5.74, 6) is -0.183. The molecule has 290 valence electrons. The van der Waals surface area contributed by atoms with Crippen molar-refractivity contribution < 1.29 is 2.74 Å². The minimum atomic E-state index is -0.0538. The van der Waals surface area contributed by atoms with E-state index in [1.54, 1.807) is 0 Å². The van der Waals surface area contributed by atoms with Gasteiger partial charge in [0, 0.05) is 72.3 Å². The van der Waals surface area contributed by atoms with Crippen molar-refractivity contribution in [3.8, 4) is 6.07 Å². The number of rotatable bonds is 0. The van der Waals surface area contributed by atoms with Crippen molar-refractivity contribution in [2.24, 2.45) is 0 Å². The summed E-state index contributed by atoms with van der Waals surface area (Å²) in [4.78, 5) is 4.30. The Morgan fingerprint density at radius 1 is 0.438 bits per heavy atom.